The number of carbonyl (C=O) groups is 1. The molecule has 0 aromatic heterocycles. The van der Waals surface area contributed by atoms with Crippen LogP contribution in [0.5, 0.6) is 23.0 Å². The van der Waals surface area contributed by atoms with Crippen LogP contribution in [0.2, 0.25) is 0 Å². The lowest BCUT2D eigenvalue weighted by Gasteiger charge is -2.05. The number of phenols is 2. The van der Waals surface area contributed by atoms with Crippen LogP contribution < -0.4 is 9.47 Å². The topological polar surface area (TPSA) is 76.0 Å². The minimum atomic E-state index is -0.0923. The van der Waals surface area contributed by atoms with E-state index in [2.05, 4.69) is 0 Å². The summed E-state index contributed by atoms with van der Waals surface area (Å²) in [4.78, 5) is 12.1. The molecule has 2 aromatic carbocycles. The maximum atomic E-state index is 12.1. The minimum Gasteiger partial charge on any atom is -0.504 e. The highest BCUT2D eigenvalue weighted by Crippen LogP contribution is 2.28. The first kappa shape index (κ1) is 16.4. The van der Waals surface area contributed by atoms with E-state index in [9.17, 15) is 15.0 Å². The van der Waals surface area contributed by atoms with Gasteiger partial charge in [-0.25, -0.2) is 0 Å². The summed E-state index contributed by atoms with van der Waals surface area (Å²) in [6.07, 6.45) is 3.71. The lowest BCUT2D eigenvalue weighted by molar-refractivity contribution is 0.0995. The number of methoxy groups -OCH3 is 2. The fourth-order valence-corrected chi connectivity index (χ4v) is 2.07. The number of aromatic hydroxyl groups is 2. The van der Waals surface area contributed by atoms with E-state index in [1.54, 1.807) is 30.4 Å². The molecular weight excluding hydrogens is 296 g/mol. The molecular formula is C18H18O5. The Kier molecular flexibility index (Phi) is 5.25. The van der Waals surface area contributed by atoms with Crippen LogP contribution in [0.25, 0.3) is 6.08 Å². The summed E-state index contributed by atoms with van der Waals surface area (Å²) in [6, 6.07) is 9.43. The zero-order chi connectivity index (χ0) is 16.8. The van der Waals surface area contributed by atoms with Crippen molar-refractivity contribution in [3.8, 4) is 23.0 Å². The number of ketones is 1. The third-order valence-electron chi connectivity index (χ3n) is 3.32. The van der Waals surface area contributed by atoms with Gasteiger partial charge in [-0.1, -0.05) is 18.2 Å². The highest BCUT2D eigenvalue weighted by atomic mass is 16.5. The molecule has 0 amide bonds. The number of phenolic OH excluding ortho intramolecular Hbond substituents is 2. The van der Waals surface area contributed by atoms with E-state index in [0.29, 0.717) is 11.3 Å². The van der Waals surface area contributed by atoms with E-state index in [4.69, 9.17) is 9.47 Å². The number of carbonyl (C=O) groups excluding carboxylic acids is 1. The Hall–Kier alpha value is -2.95. The van der Waals surface area contributed by atoms with Crippen molar-refractivity contribution in [3.63, 3.8) is 0 Å². The summed E-state index contributed by atoms with van der Waals surface area (Å²) in [5, 5.41) is 19.1. The average molecular weight is 314 g/mol. The second kappa shape index (κ2) is 7.35. The van der Waals surface area contributed by atoms with Gasteiger partial charge in [-0.05, 0) is 35.9 Å². The van der Waals surface area contributed by atoms with Gasteiger partial charge in [0.15, 0.2) is 28.8 Å². The number of hydrogen-bond acceptors (Lipinski definition) is 5. The molecule has 120 valence electrons. The monoisotopic (exact) mass is 314 g/mol. The van der Waals surface area contributed by atoms with Crippen molar-refractivity contribution in [2.75, 3.05) is 14.2 Å². The molecule has 0 unspecified atom stereocenters. The Bertz CT molecular complexity index is 734. The molecule has 0 heterocycles. The predicted molar refractivity (Wildman–Crippen MR) is 87.3 cm³/mol. The number of Topliss-reactive ketones (excluding diaryl/α,β-unsaturated/α-hetero) is 1. The van der Waals surface area contributed by atoms with Gasteiger partial charge in [0.2, 0.25) is 0 Å². The Labute approximate surface area is 134 Å². The standard InChI is InChI=1S/C18H18O5/c1-22-17-10-12(6-8-15(17)20)4-3-5-14(19)13-7-9-16(21)18(11-13)23-2/h3-4,6-11,20-21H,5H2,1-2H3/b4-3+. The van der Waals surface area contributed by atoms with Gasteiger partial charge >= 0.3 is 0 Å². The van der Waals surface area contributed by atoms with Crippen molar-refractivity contribution in [3.05, 3.63) is 53.6 Å². The molecule has 0 atom stereocenters. The van der Waals surface area contributed by atoms with Gasteiger partial charge in [0.25, 0.3) is 0 Å². The molecule has 2 aromatic rings. The summed E-state index contributed by atoms with van der Waals surface area (Å²) >= 11 is 0. The van der Waals surface area contributed by atoms with E-state index in [1.165, 1.54) is 32.4 Å². The average Bonchev–Trinajstić information content (AvgIpc) is 2.56. The molecule has 2 N–H and O–H groups in total. The molecule has 0 spiro atoms. The van der Waals surface area contributed by atoms with Gasteiger partial charge in [-0.15, -0.1) is 0 Å². The second-order valence-electron chi connectivity index (χ2n) is 4.85. The van der Waals surface area contributed by atoms with Gasteiger partial charge in [-0.3, -0.25) is 4.79 Å². The molecule has 0 aliphatic rings. The van der Waals surface area contributed by atoms with Crippen LogP contribution in [0.15, 0.2) is 42.5 Å². The molecule has 5 heteroatoms. The van der Waals surface area contributed by atoms with E-state index < -0.39 is 0 Å². The number of ether oxygens (including phenoxy) is 2. The Morgan fingerprint density at radius 2 is 1.61 bits per heavy atom. The van der Waals surface area contributed by atoms with Crippen molar-refractivity contribution in [1.82, 2.24) is 0 Å². The molecule has 2 rings (SSSR count). The maximum Gasteiger partial charge on any atom is 0.166 e. The van der Waals surface area contributed by atoms with Gasteiger partial charge in [0.05, 0.1) is 14.2 Å². The van der Waals surface area contributed by atoms with Crippen molar-refractivity contribution < 1.29 is 24.5 Å². The molecule has 0 saturated carbocycles. The quantitative estimate of drug-likeness (QED) is 0.799. The molecule has 0 radical (unpaired) electrons. The van der Waals surface area contributed by atoms with Crippen LogP contribution in [-0.4, -0.2) is 30.2 Å². The Morgan fingerprint density at radius 3 is 2.26 bits per heavy atom. The number of hydrogen-bond donors (Lipinski definition) is 2. The minimum absolute atomic E-state index is 0.00391. The summed E-state index contributed by atoms with van der Waals surface area (Å²) in [7, 11) is 2.91. The number of rotatable bonds is 6. The fourth-order valence-electron chi connectivity index (χ4n) is 2.07. The smallest absolute Gasteiger partial charge is 0.166 e. The van der Waals surface area contributed by atoms with Crippen molar-refractivity contribution >= 4 is 11.9 Å². The number of benzene rings is 2. The van der Waals surface area contributed by atoms with Crippen LogP contribution in [-0.2, 0) is 0 Å². The van der Waals surface area contributed by atoms with E-state index in [0.717, 1.165) is 5.56 Å². The lowest BCUT2D eigenvalue weighted by Crippen LogP contribution is -1.97. The second-order valence-corrected chi connectivity index (χ2v) is 4.85. The van der Waals surface area contributed by atoms with Gasteiger partial charge in [0.1, 0.15) is 0 Å². The first-order valence-electron chi connectivity index (χ1n) is 6.99. The van der Waals surface area contributed by atoms with Crippen LogP contribution in [0.1, 0.15) is 22.3 Å². The van der Waals surface area contributed by atoms with E-state index in [-0.39, 0.29) is 29.5 Å². The lowest BCUT2D eigenvalue weighted by atomic mass is 10.1. The van der Waals surface area contributed by atoms with Gasteiger partial charge < -0.3 is 19.7 Å². The predicted octanol–water partition coefficient (Wildman–Crippen LogP) is 3.40. The molecule has 5 nitrogen and oxygen atoms in total. The van der Waals surface area contributed by atoms with Crippen LogP contribution in [0, 0.1) is 0 Å². The first-order chi connectivity index (χ1) is 11.0. The zero-order valence-electron chi connectivity index (χ0n) is 12.9. The third-order valence-corrected chi connectivity index (χ3v) is 3.32. The molecule has 0 bridgehead atoms. The fraction of sp³-hybridized carbons (Fsp3) is 0.167. The molecule has 0 aliphatic heterocycles. The van der Waals surface area contributed by atoms with Crippen LogP contribution >= 0.6 is 0 Å². The third kappa shape index (κ3) is 4.03. The summed E-state index contributed by atoms with van der Waals surface area (Å²) < 4.78 is 10.0. The van der Waals surface area contributed by atoms with Crippen molar-refractivity contribution in [2.24, 2.45) is 0 Å². The van der Waals surface area contributed by atoms with Crippen LogP contribution in [0.3, 0.4) is 0 Å². The van der Waals surface area contributed by atoms with E-state index in [1.807, 2.05) is 0 Å². The largest absolute Gasteiger partial charge is 0.504 e. The zero-order valence-corrected chi connectivity index (χ0v) is 12.9. The first-order valence-corrected chi connectivity index (χ1v) is 6.99. The highest BCUT2D eigenvalue weighted by molar-refractivity contribution is 5.97. The molecule has 0 aliphatic carbocycles. The Balaban J connectivity index is 2.06. The van der Waals surface area contributed by atoms with E-state index >= 15 is 0 Å². The number of allylic oxidation sites excluding steroid dienone is 1. The normalized spacial score (nSPS) is 10.7. The maximum absolute atomic E-state index is 12.1. The van der Waals surface area contributed by atoms with Crippen molar-refractivity contribution in [2.45, 2.75) is 6.42 Å². The van der Waals surface area contributed by atoms with Crippen LogP contribution in [0.4, 0.5) is 0 Å². The summed E-state index contributed by atoms with van der Waals surface area (Å²) in [5.74, 6) is 0.614. The van der Waals surface area contributed by atoms with Gasteiger partial charge in [0, 0.05) is 12.0 Å². The molecule has 23 heavy (non-hydrogen) atoms. The molecule has 0 fully saturated rings. The van der Waals surface area contributed by atoms with Crippen molar-refractivity contribution in [1.29, 1.82) is 0 Å². The molecule has 0 saturated heterocycles. The summed E-state index contributed by atoms with van der Waals surface area (Å²) in [5.41, 5.74) is 1.28. The Morgan fingerprint density at radius 1 is 1.00 bits per heavy atom. The highest BCUT2D eigenvalue weighted by Gasteiger charge is 2.08. The SMILES string of the molecule is COc1cc(/C=C/CC(=O)c2ccc(O)c(OC)c2)ccc1O. The summed E-state index contributed by atoms with van der Waals surface area (Å²) in [6.45, 7) is 0. The van der Waals surface area contributed by atoms with Gasteiger partial charge in [-0.2, -0.15) is 0 Å².